The van der Waals surface area contributed by atoms with E-state index in [0.717, 1.165) is 32.1 Å². The van der Waals surface area contributed by atoms with E-state index in [1.54, 1.807) is 6.92 Å². The number of hydrogen-bond acceptors (Lipinski definition) is 5. The van der Waals surface area contributed by atoms with Gasteiger partial charge in [0.15, 0.2) is 5.60 Å². The lowest BCUT2D eigenvalue weighted by Gasteiger charge is -2.25. The van der Waals surface area contributed by atoms with Gasteiger partial charge < -0.3 is 20.1 Å². The van der Waals surface area contributed by atoms with E-state index >= 15 is 0 Å². The smallest absolute Gasteiger partial charge is 0.335 e. The fraction of sp³-hybridized carbons (Fsp3) is 0.909. The molecule has 0 amide bonds. The second-order valence-corrected chi connectivity index (χ2v) is 7.98. The number of carboxylic acids is 1. The largest absolute Gasteiger partial charge is 0.479 e. The van der Waals surface area contributed by atoms with Gasteiger partial charge in [-0.2, -0.15) is 0 Å². The van der Waals surface area contributed by atoms with E-state index in [0.29, 0.717) is 0 Å². The van der Waals surface area contributed by atoms with E-state index in [1.165, 1.54) is 46.0 Å². The highest BCUT2D eigenvalue weighted by Crippen LogP contribution is 2.23. The fourth-order valence-corrected chi connectivity index (χ4v) is 2.58. The van der Waals surface area contributed by atoms with Crippen LogP contribution in [0.3, 0.4) is 0 Å². The van der Waals surface area contributed by atoms with E-state index in [1.807, 2.05) is 6.92 Å². The van der Waals surface area contributed by atoms with Crippen LogP contribution < -0.4 is 0 Å². The average Bonchev–Trinajstić information content (AvgIpc) is 2.62. The van der Waals surface area contributed by atoms with E-state index in [-0.39, 0.29) is 12.0 Å². The van der Waals surface area contributed by atoms with Crippen molar-refractivity contribution in [2.75, 3.05) is 0 Å². The number of carboxylic acid groups (broad SMARTS) is 1. The number of aliphatic carboxylic acids is 1. The molecule has 0 bridgehead atoms. The average molecular weight is 405 g/mol. The van der Waals surface area contributed by atoms with Gasteiger partial charge in [0.25, 0.3) is 0 Å². The SMILES string of the molecule is CCCCCCC(C)C(C)(O)C(=O)O.CCCCCCC(C)OC(=O)C(C)O. The van der Waals surface area contributed by atoms with Gasteiger partial charge >= 0.3 is 11.9 Å². The molecule has 0 aromatic rings. The molecule has 0 aliphatic rings. The summed E-state index contributed by atoms with van der Waals surface area (Å²) in [5, 5.41) is 27.3. The zero-order chi connectivity index (χ0) is 22.2. The molecular weight excluding hydrogens is 360 g/mol. The molecule has 0 radical (unpaired) electrons. The molecule has 0 aliphatic heterocycles. The first-order chi connectivity index (χ1) is 13.0. The number of esters is 1. The van der Waals surface area contributed by atoms with Crippen molar-refractivity contribution in [3.05, 3.63) is 0 Å². The maximum atomic E-state index is 11.0. The number of carbonyl (C=O) groups is 2. The van der Waals surface area contributed by atoms with Gasteiger partial charge in [0.1, 0.15) is 6.10 Å². The summed E-state index contributed by atoms with van der Waals surface area (Å²) in [5.41, 5.74) is -1.58. The monoisotopic (exact) mass is 404 g/mol. The molecule has 28 heavy (non-hydrogen) atoms. The summed E-state index contributed by atoms with van der Waals surface area (Å²) >= 11 is 0. The molecule has 0 fully saturated rings. The van der Waals surface area contributed by atoms with Crippen molar-refractivity contribution in [3.8, 4) is 0 Å². The Morgan fingerprint density at radius 1 is 0.893 bits per heavy atom. The number of aliphatic hydroxyl groups is 2. The molecule has 0 aliphatic carbocycles. The first kappa shape index (κ1) is 29.1. The third-order valence-electron chi connectivity index (χ3n) is 5.01. The van der Waals surface area contributed by atoms with Crippen LogP contribution in [0.1, 0.15) is 106 Å². The van der Waals surface area contributed by atoms with Gasteiger partial charge in [0.2, 0.25) is 0 Å². The highest BCUT2D eigenvalue weighted by Gasteiger charge is 2.35. The lowest BCUT2D eigenvalue weighted by Crippen LogP contribution is -2.41. The predicted octanol–water partition coefficient (Wildman–Crippen LogP) is 4.70. The normalized spacial score (nSPS) is 16.1. The van der Waals surface area contributed by atoms with Gasteiger partial charge in [-0.1, -0.05) is 65.7 Å². The summed E-state index contributed by atoms with van der Waals surface area (Å²) in [4.78, 5) is 21.7. The molecule has 6 nitrogen and oxygen atoms in total. The second-order valence-electron chi connectivity index (χ2n) is 7.98. The number of unbranched alkanes of at least 4 members (excludes halogenated alkanes) is 6. The maximum absolute atomic E-state index is 11.0. The Labute approximate surface area is 171 Å². The summed E-state index contributed by atoms with van der Waals surface area (Å²) in [6.45, 7) is 10.8. The van der Waals surface area contributed by atoms with Crippen molar-refractivity contribution in [2.45, 2.75) is 124 Å². The molecule has 168 valence electrons. The Morgan fingerprint density at radius 3 is 1.75 bits per heavy atom. The van der Waals surface area contributed by atoms with Crippen molar-refractivity contribution >= 4 is 11.9 Å². The fourth-order valence-electron chi connectivity index (χ4n) is 2.58. The van der Waals surface area contributed by atoms with Gasteiger partial charge in [-0.25, -0.2) is 9.59 Å². The van der Waals surface area contributed by atoms with Gasteiger partial charge in [-0.05, 0) is 46.0 Å². The molecule has 4 unspecified atom stereocenters. The van der Waals surface area contributed by atoms with Crippen molar-refractivity contribution in [2.24, 2.45) is 5.92 Å². The Hall–Kier alpha value is -1.14. The minimum Gasteiger partial charge on any atom is -0.479 e. The molecule has 6 heteroatoms. The summed E-state index contributed by atoms with van der Waals surface area (Å²) in [5.74, 6) is -1.83. The molecule has 0 saturated carbocycles. The summed E-state index contributed by atoms with van der Waals surface area (Å²) in [6.07, 6.45) is 9.77. The van der Waals surface area contributed by atoms with Crippen LogP contribution in [-0.4, -0.2) is 45.1 Å². The standard InChI is InChI=1S/2C11H22O3/c1-4-5-6-7-8-9(2)11(3,14)10(12)13;1-4-5-6-7-8-9(2)14-11(13)10(3)12/h9,14H,4-8H2,1-3H3,(H,12,13);9-10,12H,4-8H2,1-3H3. The van der Waals surface area contributed by atoms with Crippen LogP contribution in [0.15, 0.2) is 0 Å². The number of carbonyl (C=O) groups excluding carboxylic acids is 1. The Morgan fingerprint density at radius 2 is 1.36 bits per heavy atom. The van der Waals surface area contributed by atoms with Crippen LogP contribution in [0.25, 0.3) is 0 Å². The van der Waals surface area contributed by atoms with E-state index < -0.39 is 23.6 Å². The van der Waals surface area contributed by atoms with Gasteiger partial charge in [0.05, 0.1) is 6.10 Å². The number of ether oxygens (including phenoxy) is 1. The zero-order valence-corrected chi connectivity index (χ0v) is 18.9. The molecule has 0 aromatic heterocycles. The predicted molar refractivity (Wildman–Crippen MR) is 112 cm³/mol. The van der Waals surface area contributed by atoms with E-state index in [4.69, 9.17) is 14.9 Å². The van der Waals surface area contributed by atoms with Crippen LogP contribution in [0.2, 0.25) is 0 Å². The minimum atomic E-state index is -1.58. The number of aliphatic hydroxyl groups excluding tert-OH is 1. The van der Waals surface area contributed by atoms with Crippen molar-refractivity contribution in [3.63, 3.8) is 0 Å². The lowest BCUT2D eigenvalue weighted by molar-refractivity contribution is -0.162. The third kappa shape index (κ3) is 14.9. The number of hydrogen-bond donors (Lipinski definition) is 3. The highest BCUT2D eigenvalue weighted by molar-refractivity contribution is 5.76. The molecular formula is C22H44O6. The first-order valence-corrected chi connectivity index (χ1v) is 10.8. The molecule has 0 heterocycles. The Bertz CT molecular complexity index is 404. The maximum Gasteiger partial charge on any atom is 0.335 e. The summed E-state index contributed by atoms with van der Waals surface area (Å²) < 4.78 is 5.00. The third-order valence-corrected chi connectivity index (χ3v) is 5.01. The Kier molecular flexibility index (Phi) is 17.4. The highest BCUT2D eigenvalue weighted by atomic mass is 16.6. The van der Waals surface area contributed by atoms with Crippen LogP contribution >= 0.6 is 0 Å². The first-order valence-electron chi connectivity index (χ1n) is 10.8. The summed E-state index contributed by atoms with van der Waals surface area (Å²) in [7, 11) is 0. The van der Waals surface area contributed by atoms with Crippen LogP contribution in [0.5, 0.6) is 0 Å². The van der Waals surface area contributed by atoms with Crippen molar-refractivity contribution in [1.82, 2.24) is 0 Å². The van der Waals surface area contributed by atoms with Gasteiger partial charge in [-0.15, -0.1) is 0 Å². The van der Waals surface area contributed by atoms with Crippen molar-refractivity contribution in [1.29, 1.82) is 0 Å². The molecule has 0 spiro atoms. The van der Waals surface area contributed by atoms with Crippen LogP contribution in [0.4, 0.5) is 0 Å². The molecule has 0 aromatic carbocycles. The topological polar surface area (TPSA) is 104 Å². The van der Waals surface area contributed by atoms with Crippen LogP contribution in [0, 0.1) is 5.92 Å². The van der Waals surface area contributed by atoms with E-state index in [2.05, 4.69) is 13.8 Å². The second kappa shape index (κ2) is 16.8. The minimum absolute atomic E-state index is 0.0750. The van der Waals surface area contributed by atoms with E-state index in [9.17, 15) is 14.7 Å². The molecule has 4 atom stereocenters. The van der Waals surface area contributed by atoms with Gasteiger partial charge in [0, 0.05) is 0 Å². The van der Waals surface area contributed by atoms with Gasteiger partial charge in [-0.3, -0.25) is 0 Å². The molecule has 0 rings (SSSR count). The lowest BCUT2D eigenvalue weighted by atomic mass is 9.86. The summed E-state index contributed by atoms with van der Waals surface area (Å²) in [6, 6.07) is 0. The molecule has 0 saturated heterocycles. The van der Waals surface area contributed by atoms with Crippen molar-refractivity contribution < 1.29 is 29.6 Å². The quantitative estimate of drug-likeness (QED) is 0.286. The Balaban J connectivity index is 0. The molecule has 3 N–H and O–H groups in total. The number of rotatable bonds is 14. The zero-order valence-electron chi connectivity index (χ0n) is 18.9. The van der Waals surface area contributed by atoms with Crippen LogP contribution in [-0.2, 0) is 14.3 Å².